The third-order valence-electron chi connectivity index (χ3n) is 3.99. The maximum Gasteiger partial charge on any atom is 0.0998 e. The summed E-state index contributed by atoms with van der Waals surface area (Å²) in [7, 11) is 2.06. The molecule has 3 rings (SSSR count). The van der Waals surface area contributed by atoms with Gasteiger partial charge < -0.3 is 4.57 Å². The number of nitriles is 1. The molecule has 2 nitrogen and oxygen atoms in total. The molecule has 0 fully saturated rings. The fourth-order valence-corrected chi connectivity index (χ4v) is 3.11. The molecular formula is C19H15BrN2. The molecule has 0 saturated carbocycles. The van der Waals surface area contributed by atoms with E-state index in [-0.39, 0.29) is 0 Å². The van der Waals surface area contributed by atoms with E-state index in [0.717, 1.165) is 21.3 Å². The van der Waals surface area contributed by atoms with Crippen LogP contribution in [0.4, 0.5) is 0 Å². The van der Waals surface area contributed by atoms with E-state index in [1.807, 2.05) is 42.5 Å². The second kappa shape index (κ2) is 5.82. The van der Waals surface area contributed by atoms with Gasteiger partial charge in [0.05, 0.1) is 11.6 Å². The highest BCUT2D eigenvalue weighted by molar-refractivity contribution is 9.10. The summed E-state index contributed by atoms with van der Waals surface area (Å²) in [5.41, 5.74) is 5.03. The molecule has 0 spiro atoms. The smallest absolute Gasteiger partial charge is 0.0998 e. The zero-order valence-electron chi connectivity index (χ0n) is 12.5. The SMILES string of the molecule is Cc1c(/C=C(\C#N)c2cccc(Br)c2)c2ccccc2n1C. The molecule has 3 aromatic rings. The van der Waals surface area contributed by atoms with Gasteiger partial charge in [0.2, 0.25) is 0 Å². The lowest BCUT2D eigenvalue weighted by molar-refractivity contribution is 0.916. The summed E-state index contributed by atoms with van der Waals surface area (Å²) in [5, 5.41) is 10.7. The van der Waals surface area contributed by atoms with Crippen molar-refractivity contribution in [3.05, 3.63) is 69.8 Å². The highest BCUT2D eigenvalue weighted by atomic mass is 79.9. The minimum Gasteiger partial charge on any atom is -0.347 e. The van der Waals surface area contributed by atoms with Crippen molar-refractivity contribution in [2.75, 3.05) is 0 Å². The van der Waals surface area contributed by atoms with Crippen LogP contribution in [-0.2, 0) is 7.05 Å². The predicted octanol–water partition coefficient (Wildman–Crippen LogP) is 5.31. The first kappa shape index (κ1) is 14.6. The van der Waals surface area contributed by atoms with Gasteiger partial charge in [-0.25, -0.2) is 0 Å². The average molecular weight is 351 g/mol. The summed E-state index contributed by atoms with van der Waals surface area (Å²) in [5.74, 6) is 0. The van der Waals surface area contributed by atoms with Gasteiger partial charge in [0.1, 0.15) is 0 Å². The molecule has 0 saturated heterocycles. The molecule has 1 heterocycles. The van der Waals surface area contributed by atoms with Crippen molar-refractivity contribution in [2.24, 2.45) is 7.05 Å². The van der Waals surface area contributed by atoms with E-state index >= 15 is 0 Å². The number of benzene rings is 2. The van der Waals surface area contributed by atoms with Crippen LogP contribution in [0.2, 0.25) is 0 Å². The number of para-hydroxylation sites is 1. The van der Waals surface area contributed by atoms with E-state index in [1.165, 1.54) is 10.9 Å². The maximum atomic E-state index is 9.56. The third-order valence-corrected chi connectivity index (χ3v) is 4.49. The summed E-state index contributed by atoms with van der Waals surface area (Å²) in [6.07, 6.45) is 1.99. The Morgan fingerprint density at radius 3 is 2.68 bits per heavy atom. The number of halogens is 1. The Labute approximate surface area is 138 Å². The number of hydrogen-bond donors (Lipinski definition) is 0. The number of rotatable bonds is 2. The second-order valence-electron chi connectivity index (χ2n) is 5.26. The molecule has 0 aliphatic heterocycles. The van der Waals surface area contributed by atoms with E-state index in [0.29, 0.717) is 5.57 Å². The molecule has 0 aliphatic carbocycles. The summed E-state index contributed by atoms with van der Waals surface area (Å²) in [6.45, 7) is 2.09. The van der Waals surface area contributed by atoms with Gasteiger partial charge in [-0.1, -0.05) is 46.3 Å². The largest absolute Gasteiger partial charge is 0.347 e. The average Bonchev–Trinajstić information content (AvgIpc) is 2.77. The number of nitrogens with zero attached hydrogens (tertiary/aromatic N) is 2. The molecule has 3 heteroatoms. The summed E-state index contributed by atoms with van der Waals surface area (Å²) >= 11 is 3.46. The van der Waals surface area contributed by atoms with Crippen molar-refractivity contribution in [1.29, 1.82) is 5.26 Å². The summed E-state index contributed by atoms with van der Waals surface area (Å²) < 4.78 is 3.14. The van der Waals surface area contributed by atoms with E-state index < -0.39 is 0 Å². The van der Waals surface area contributed by atoms with E-state index in [1.54, 1.807) is 0 Å². The van der Waals surface area contributed by atoms with E-state index in [2.05, 4.69) is 52.7 Å². The molecular weight excluding hydrogens is 336 g/mol. The number of fused-ring (bicyclic) bond motifs is 1. The third kappa shape index (κ3) is 2.47. The molecule has 0 atom stereocenters. The molecule has 108 valence electrons. The first-order chi connectivity index (χ1) is 10.6. The lowest BCUT2D eigenvalue weighted by atomic mass is 10.0. The number of hydrogen-bond acceptors (Lipinski definition) is 1. The van der Waals surface area contributed by atoms with Gasteiger partial charge in [-0.2, -0.15) is 5.26 Å². The minimum absolute atomic E-state index is 0.667. The van der Waals surface area contributed by atoms with Crippen LogP contribution in [0.15, 0.2) is 53.0 Å². The number of aryl methyl sites for hydroxylation is 1. The molecule has 0 N–H and O–H groups in total. The standard InChI is InChI=1S/C19H15BrN2/c1-13-18(17-8-3-4-9-19(17)22(13)2)11-15(12-21)14-6-5-7-16(20)10-14/h3-11H,1-2H3/b15-11+. The topological polar surface area (TPSA) is 28.7 Å². The van der Waals surface area contributed by atoms with Gasteiger partial charge in [-0.15, -0.1) is 0 Å². The Morgan fingerprint density at radius 1 is 1.18 bits per heavy atom. The zero-order chi connectivity index (χ0) is 15.7. The molecule has 0 amide bonds. The normalized spacial score (nSPS) is 11.6. The van der Waals surface area contributed by atoms with Crippen molar-refractivity contribution >= 4 is 38.5 Å². The second-order valence-corrected chi connectivity index (χ2v) is 6.17. The highest BCUT2D eigenvalue weighted by Gasteiger charge is 2.11. The quantitative estimate of drug-likeness (QED) is 0.575. The van der Waals surface area contributed by atoms with Crippen molar-refractivity contribution in [2.45, 2.75) is 6.92 Å². The van der Waals surface area contributed by atoms with Crippen LogP contribution in [0, 0.1) is 18.3 Å². The van der Waals surface area contributed by atoms with Gasteiger partial charge >= 0.3 is 0 Å². The van der Waals surface area contributed by atoms with Gasteiger partial charge in [0.15, 0.2) is 0 Å². The maximum absolute atomic E-state index is 9.56. The Balaban J connectivity index is 2.23. The van der Waals surface area contributed by atoms with E-state index in [4.69, 9.17) is 0 Å². The monoisotopic (exact) mass is 350 g/mol. The van der Waals surface area contributed by atoms with Crippen molar-refractivity contribution in [3.63, 3.8) is 0 Å². The lowest BCUT2D eigenvalue weighted by Gasteiger charge is -2.02. The number of aromatic nitrogens is 1. The predicted molar refractivity (Wildman–Crippen MR) is 95.3 cm³/mol. The van der Waals surface area contributed by atoms with Crippen molar-refractivity contribution in [1.82, 2.24) is 4.57 Å². The zero-order valence-corrected chi connectivity index (χ0v) is 14.1. The fourth-order valence-electron chi connectivity index (χ4n) is 2.71. The lowest BCUT2D eigenvalue weighted by Crippen LogP contribution is -1.90. The summed E-state index contributed by atoms with van der Waals surface area (Å²) in [4.78, 5) is 0. The molecule has 1 aromatic heterocycles. The van der Waals surface area contributed by atoms with Crippen LogP contribution in [0.3, 0.4) is 0 Å². The first-order valence-electron chi connectivity index (χ1n) is 7.03. The van der Waals surface area contributed by atoms with Crippen LogP contribution < -0.4 is 0 Å². The molecule has 2 aromatic carbocycles. The Bertz CT molecular complexity index is 926. The van der Waals surface area contributed by atoms with Crippen molar-refractivity contribution in [3.8, 4) is 6.07 Å². The van der Waals surface area contributed by atoms with Crippen LogP contribution in [0.25, 0.3) is 22.6 Å². The number of allylic oxidation sites excluding steroid dienone is 1. The van der Waals surface area contributed by atoms with Gasteiger partial charge in [0, 0.05) is 33.7 Å². The Kier molecular flexibility index (Phi) is 3.87. The Morgan fingerprint density at radius 2 is 1.95 bits per heavy atom. The molecule has 0 aliphatic rings. The van der Waals surface area contributed by atoms with E-state index in [9.17, 15) is 5.26 Å². The van der Waals surface area contributed by atoms with Crippen LogP contribution in [0.5, 0.6) is 0 Å². The minimum atomic E-state index is 0.667. The molecule has 0 radical (unpaired) electrons. The fraction of sp³-hybridized carbons (Fsp3) is 0.105. The van der Waals surface area contributed by atoms with Crippen LogP contribution in [0.1, 0.15) is 16.8 Å². The highest BCUT2D eigenvalue weighted by Crippen LogP contribution is 2.29. The van der Waals surface area contributed by atoms with Gasteiger partial charge in [0.25, 0.3) is 0 Å². The Hall–Kier alpha value is -2.31. The molecule has 0 unspecified atom stereocenters. The summed E-state index contributed by atoms with van der Waals surface area (Å²) in [6, 6.07) is 18.4. The molecule has 22 heavy (non-hydrogen) atoms. The molecule has 0 bridgehead atoms. The van der Waals surface area contributed by atoms with Gasteiger partial charge in [-0.05, 0) is 36.8 Å². The van der Waals surface area contributed by atoms with Crippen molar-refractivity contribution < 1.29 is 0 Å². The first-order valence-corrected chi connectivity index (χ1v) is 7.83. The van der Waals surface area contributed by atoms with Gasteiger partial charge in [-0.3, -0.25) is 0 Å². The van der Waals surface area contributed by atoms with Crippen LogP contribution in [-0.4, -0.2) is 4.57 Å². The van der Waals surface area contributed by atoms with Crippen LogP contribution >= 0.6 is 15.9 Å².